The Morgan fingerprint density at radius 2 is 2.09 bits per heavy atom. The fourth-order valence-corrected chi connectivity index (χ4v) is 3.47. The van der Waals surface area contributed by atoms with E-state index in [1.807, 2.05) is 12.1 Å². The Balaban J connectivity index is 1.58. The maximum absolute atomic E-state index is 5.87. The summed E-state index contributed by atoms with van der Waals surface area (Å²) < 4.78 is 6.14. The molecule has 0 amide bonds. The second-order valence-corrected chi connectivity index (χ2v) is 7.24. The van der Waals surface area contributed by atoms with Crippen LogP contribution in [0.25, 0.3) is 11.4 Å². The molecule has 0 spiro atoms. The molecule has 0 aliphatic rings. The number of halogens is 1. The monoisotopic (exact) mass is 367 g/mol. The average Bonchev–Trinajstić information content (AvgIpc) is 3.21. The van der Waals surface area contributed by atoms with E-state index in [1.165, 1.54) is 23.1 Å². The van der Waals surface area contributed by atoms with Crippen molar-refractivity contribution in [2.75, 3.05) is 11.9 Å². The summed E-state index contributed by atoms with van der Waals surface area (Å²) in [6.45, 7) is 3.00. The van der Waals surface area contributed by atoms with E-state index < -0.39 is 0 Å². The van der Waals surface area contributed by atoms with Crippen LogP contribution in [0.15, 0.2) is 33.1 Å². The molecule has 3 aromatic rings. The first-order valence-corrected chi connectivity index (χ1v) is 9.21. The third kappa shape index (κ3) is 4.43. The zero-order valence-corrected chi connectivity index (χ0v) is 14.7. The lowest BCUT2D eigenvalue weighted by Crippen LogP contribution is -1.98. The van der Waals surface area contributed by atoms with Crippen LogP contribution < -0.4 is 5.32 Å². The van der Waals surface area contributed by atoms with Gasteiger partial charge in [-0.2, -0.15) is 4.98 Å². The van der Waals surface area contributed by atoms with Crippen molar-refractivity contribution in [2.24, 2.45) is 0 Å². The minimum Gasteiger partial charge on any atom is -0.360 e. The molecule has 120 valence electrons. The van der Waals surface area contributed by atoms with Crippen LogP contribution in [0.2, 0.25) is 5.02 Å². The summed E-state index contributed by atoms with van der Waals surface area (Å²) in [5.41, 5.74) is 0.872. The van der Waals surface area contributed by atoms with Gasteiger partial charge in [0.2, 0.25) is 16.8 Å². The predicted molar refractivity (Wildman–Crippen MR) is 93.0 cm³/mol. The standard InChI is InChI=1S/C14H14ClN5OS2/c1-2-7-16-13-18-19-14(23-13)22-8-11-17-12(20-21-11)9-3-5-10(15)6-4-9/h3-6H,2,7-8H2,1H3,(H,16,18). The summed E-state index contributed by atoms with van der Waals surface area (Å²) in [5, 5.41) is 16.9. The minimum absolute atomic E-state index is 0.554. The van der Waals surface area contributed by atoms with Gasteiger partial charge in [0.1, 0.15) is 0 Å². The van der Waals surface area contributed by atoms with E-state index >= 15 is 0 Å². The Morgan fingerprint density at radius 3 is 2.87 bits per heavy atom. The lowest BCUT2D eigenvalue weighted by atomic mass is 10.2. The van der Waals surface area contributed by atoms with Crippen molar-refractivity contribution < 1.29 is 4.52 Å². The molecule has 23 heavy (non-hydrogen) atoms. The van der Waals surface area contributed by atoms with Crippen molar-refractivity contribution in [3.8, 4) is 11.4 Å². The number of hydrogen-bond acceptors (Lipinski definition) is 8. The van der Waals surface area contributed by atoms with Crippen LogP contribution in [-0.2, 0) is 5.75 Å². The molecule has 0 unspecified atom stereocenters. The van der Waals surface area contributed by atoms with Crippen LogP contribution in [-0.4, -0.2) is 26.9 Å². The minimum atomic E-state index is 0.554. The second kappa shape index (κ2) is 7.76. The number of aromatic nitrogens is 4. The fourth-order valence-electron chi connectivity index (χ4n) is 1.72. The third-order valence-electron chi connectivity index (χ3n) is 2.82. The highest BCUT2D eigenvalue weighted by molar-refractivity contribution is 8.00. The van der Waals surface area contributed by atoms with Crippen molar-refractivity contribution in [3.63, 3.8) is 0 Å². The van der Waals surface area contributed by atoms with Gasteiger partial charge in [0.15, 0.2) is 4.34 Å². The quantitative estimate of drug-likeness (QED) is 0.622. The Kier molecular flexibility index (Phi) is 5.47. The summed E-state index contributed by atoms with van der Waals surface area (Å²) in [6, 6.07) is 7.32. The molecule has 1 N–H and O–H groups in total. The molecule has 0 saturated carbocycles. The van der Waals surface area contributed by atoms with Crippen LogP contribution in [0.4, 0.5) is 5.13 Å². The highest BCUT2D eigenvalue weighted by Gasteiger charge is 2.11. The number of thioether (sulfide) groups is 1. The van der Waals surface area contributed by atoms with Gasteiger partial charge < -0.3 is 9.84 Å². The smallest absolute Gasteiger partial charge is 0.237 e. The van der Waals surface area contributed by atoms with Crippen LogP contribution >= 0.6 is 34.7 Å². The first-order chi connectivity index (χ1) is 11.2. The van der Waals surface area contributed by atoms with Crippen molar-refractivity contribution >= 4 is 39.8 Å². The van der Waals surface area contributed by atoms with Gasteiger partial charge in [-0.1, -0.05) is 46.8 Å². The molecule has 9 heteroatoms. The molecular weight excluding hydrogens is 354 g/mol. The predicted octanol–water partition coefficient (Wildman–Crippen LogP) is 4.36. The molecule has 0 radical (unpaired) electrons. The summed E-state index contributed by atoms with van der Waals surface area (Å²) >= 11 is 8.92. The molecule has 1 aromatic carbocycles. The zero-order valence-electron chi connectivity index (χ0n) is 12.3. The molecule has 2 aromatic heterocycles. The summed E-state index contributed by atoms with van der Waals surface area (Å²) in [6.07, 6.45) is 1.05. The Bertz CT molecular complexity index is 759. The Morgan fingerprint density at radius 1 is 1.26 bits per heavy atom. The van der Waals surface area contributed by atoms with E-state index in [9.17, 15) is 0 Å². The number of anilines is 1. The molecule has 0 saturated heterocycles. The number of hydrogen-bond donors (Lipinski definition) is 1. The molecule has 0 aliphatic carbocycles. The van der Waals surface area contributed by atoms with E-state index in [2.05, 4.69) is 32.6 Å². The van der Waals surface area contributed by atoms with Crippen molar-refractivity contribution in [1.29, 1.82) is 0 Å². The number of nitrogens with one attached hydrogen (secondary N) is 1. The number of nitrogens with zero attached hydrogens (tertiary/aromatic N) is 4. The topological polar surface area (TPSA) is 76.7 Å². The first-order valence-electron chi connectivity index (χ1n) is 7.03. The Hall–Kier alpha value is -1.64. The summed E-state index contributed by atoms with van der Waals surface area (Å²) in [5.74, 6) is 1.67. The van der Waals surface area contributed by atoms with E-state index in [0.29, 0.717) is 22.5 Å². The van der Waals surface area contributed by atoms with Crippen molar-refractivity contribution in [1.82, 2.24) is 20.3 Å². The number of rotatable bonds is 7. The van der Waals surface area contributed by atoms with Gasteiger partial charge in [0.25, 0.3) is 0 Å². The largest absolute Gasteiger partial charge is 0.360 e. The first kappa shape index (κ1) is 16.2. The lowest BCUT2D eigenvalue weighted by molar-refractivity contribution is 0.391. The van der Waals surface area contributed by atoms with Gasteiger partial charge in [-0.3, -0.25) is 0 Å². The molecular formula is C14H14ClN5OS2. The van der Waals surface area contributed by atoms with Crippen LogP contribution in [0.3, 0.4) is 0 Å². The van der Waals surface area contributed by atoms with Crippen LogP contribution in [0.1, 0.15) is 19.2 Å². The SMILES string of the molecule is CCCNc1nnc(SCc2nc(-c3ccc(Cl)cc3)no2)s1. The highest BCUT2D eigenvalue weighted by atomic mass is 35.5. The van der Waals surface area contributed by atoms with E-state index in [1.54, 1.807) is 12.1 Å². The highest BCUT2D eigenvalue weighted by Crippen LogP contribution is 2.28. The maximum atomic E-state index is 5.87. The third-order valence-corrected chi connectivity index (χ3v) is 5.07. The van der Waals surface area contributed by atoms with Crippen molar-refractivity contribution in [3.05, 3.63) is 35.2 Å². The molecule has 0 fully saturated rings. The molecule has 0 aliphatic heterocycles. The number of benzene rings is 1. The van der Waals surface area contributed by atoms with Gasteiger partial charge in [-0.25, -0.2) is 0 Å². The Labute approximate surface area is 146 Å². The van der Waals surface area contributed by atoms with Crippen LogP contribution in [0.5, 0.6) is 0 Å². The molecule has 6 nitrogen and oxygen atoms in total. The van der Waals surface area contributed by atoms with Gasteiger partial charge in [0, 0.05) is 17.1 Å². The summed E-state index contributed by atoms with van der Waals surface area (Å²) in [4.78, 5) is 4.38. The molecule has 2 heterocycles. The second-order valence-electron chi connectivity index (χ2n) is 4.61. The van der Waals surface area contributed by atoms with Crippen molar-refractivity contribution in [2.45, 2.75) is 23.4 Å². The van der Waals surface area contributed by atoms with Gasteiger partial charge in [0.05, 0.1) is 5.75 Å². The summed E-state index contributed by atoms with van der Waals surface area (Å²) in [7, 11) is 0. The van der Waals surface area contributed by atoms with E-state index in [0.717, 1.165) is 28.0 Å². The van der Waals surface area contributed by atoms with Gasteiger partial charge in [-0.05, 0) is 30.7 Å². The normalized spacial score (nSPS) is 10.9. The molecule has 0 bridgehead atoms. The molecule has 0 atom stereocenters. The maximum Gasteiger partial charge on any atom is 0.237 e. The van der Waals surface area contributed by atoms with E-state index in [4.69, 9.17) is 16.1 Å². The van der Waals surface area contributed by atoms with Gasteiger partial charge in [-0.15, -0.1) is 10.2 Å². The van der Waals surface area contributed by atoms with E-state index in [-0.39, 0.29) is 0 Å². The van der Waals surface area contributed by atoms with Gasteiger partial charge >= 0.3 is 0 Å². The lowest BCUT2D eigenvalue weighted by Gasteiger charge is -1.95. The average molecular weight is 368 g/mol. The fraction of sp³-hybridized carbons (Fsp3) is 0.286. The van der Waals surface area contributed by atoms with Crippen LogP contribution in [0, 0.1) is 0 Å². The molecule has 3 rings (SSSR count). The zero-order chi connectivity index (χ0) is 16.1.